The molecule has 1 amide bonds. The largest absolute Gasteiger partial charge is 0.497 e. The molecule has 0 fully saturated rings. The summed E-state index contributed by atoms with van der Waals surface area (Å²) in [6.07, 6.45) is -0.322. The van der Waals surface area contributed by atoms with Crippen LogP contribution in [0.3, 0.4) is 0 Å². The van der Waals surface area contributed by atoms with E-state index in [4.69, 9.17) is 14.2 Å². The minimum absolute atomic E-state index is 0.322. The molecule has 20 heavy (non-hydrogen) atoms. The molecule has 1 aromatic carbocycles. The molecular formula is C15H21NO4. The Morgan fingerprint density at radius 1 is 1.35 bits per heavy atom. The predicted molar refractivity (Wildman–Crippen MR) is 75.1 cm³/mol. The maximum atomic E-state index is 12.1. The van der Waals surface area contributed by atoms with Gasteiger partial charge in [0.05, 0.1) is 20.2 Å². The first-order valence-electron chi connectivity index (χ1n) is 6.67. The van der Waals surface area contributed by atoms with Gasteiger partial charge >= 0.3 is 6.09 Å². The van der Waals surface area contributed by atoms with Crippen LogP contribution in [0.15, 0.2) is 18.2 Å². The first-order chi connectivity index (χ1) is 9.39. The van der Waals surface area contributed by atoms with Gasteiger partial charge in [-0.05, 0) is 39.0 Å². The van der Waals surface area contributed by atoms with E-state index in [1.54, 1.807) is 12.0 Å². The second kappa shape index (κ2) is 5.61. The van der Waals surface area contributed by atoms with Gasteiger partial charge in [-0.15, -0.1) is 0 Å². The molecule has 0 unspecified atom stereocenters. The van der Waals surface area contributed by atoms with Crippen LogP contribution in [0.1, 0.15) is 26.3 Å². The van der Waals surface area contributed by atoms with Crippen molar-refractivity contribution < 1.29 is 19.0 Å². The summed E-state index contributed by atoms with van der Waals surface area (Å²) in [7, 11) is 1.62. The SMILES string of the molecule is COc1ccc2c(c1)CN(C(=O)OC(C)(C)C)CCO2. The predicted octanol–water partition coefficient (Wildman–Crippen LogP) is 2.82. The van der Waals surface area contributed by atoms with Gasteiger partial charge in [0.25, 0.3) is 0 Å². The summed E-state index contributed by atoms with van der Waals surface area (Å²) >= 11 is 0. The van der Waals surface area contributed by atoms with Gasteiger partial charge in [0, 0.05) is 5.56 Å². The Hall–Kier alpha value is -1.91. The number of amides is 1. The highest BCUT2D eigenvalue weighted by atomic mass is 16.6. The van der Waals surface area contributed by atoms with E-state index in [9.17, 15) is 4.79 Å². The molecule has 5 heteroatoms. The zero-order chi connectivity index (χ0) is 14.8. The number of methoxy groups -OCH3 is 1. The molecule has 0 N–H and O–H groups in total. The van der Waals surface area contributed by atoms with E-state index < -0.39 is 5.60 Å². The summed E-state index contributed by atoms with van der Waals surface area (Å²) in [5.41, 5.74) is 0.425. The molecule has 1 aromatic rings. The number of carbonyl (C=O) groups is 1. The number of carbonyl (C=O) groups excluding carboxylic acids is 1. The highest BCUT2D eigenvalue weighted by Gasteiger charge is 2.25. The quantitative estimate of drug-likeness (QED) is 0.793. The third-order valence-corrected chi connectivity index (χ3v) is 2.90. The number of nitrogens with zero attached hydrogens (tertiary/aromatic N) is 1. The van der Waals surface area contributed by atoms with Gasteiger partial charge < -0.3 is 19.1 Å². The maximum absolute atomic E-state index is 12.1. The standard InChI is InChI=1S/C15H21NO4/c1-15(2,3)20-14(17)16-7-8-19-13-6-5-12(18-4)9-11(13)10-16/h5-6,9H,7-8,10H2,1-4H3. The molecule has 1 aliphatic heterocycles. The van der Waals surface area contributed by atoms with Crippen molar-refractivity contribution in [2.45, 2.75) is 32.9 Å². The Labute approximate surface area is 119 Å². The molecule has 0 saturated carbocycles. The molecule has 0 saturated heterocycles. The molecular weight excluding hydrogens is 258 g/mol. The lowest BCUT2D eigenvalue weighted by molar-refractivity contribution is 0.0225. The molecule has 110 valence electrons. The third-order valence-electron chi connectivity index (χ3n) is 2.90. The molecule has 0 atom stereocenters. The smallest absolute Gasteiger partial charge is 0.410 e. The zero-order valence-electron chi connectivity index (χ0n) is 12.4. The Balaban J connectivity index is 2.16. The van der Waals surface area contributed by atoms with Crippen LogP contribution in [0, 0.1) is 0 Å². The van der Waals surface area contributed by atoms with Gasteiger partial charge in [0.1, 0.15) is 23.7 Å². The Morgan fingerprint density at radius 3 is 2.75 bits per heavy atom. The van der Waals surface area contributed by atoms with Gasteiger partial charge in [-0.2, -0.15) is 0 Å². The van der Waals surface area contributed by atoms with Crippen molar-refractivity contribution in [1.82, 2.24) is 4.90 Å². The zero-order valence-corrected chi connectivity index (χ0v) is 12.4. The normalized spacial score (nSPS) is 14.9. The number of hydrogen-bond acceptors (Lipinski definition) is 4. The van der Waals surface area contributed by atoms with E-state index in [-0.39, 0.29) is 6.09 Å². The van der Waals surface area contributed by atoms with Crippen molar-refractivity contribution in [3.05, 3.63) is 23.8 Å². The Bertz CT molecular complexity index is 493. The van der Waals surface area contributed by atoms with E-state index in [0.717, 1.165) is 17.1 Å². The number of fused-ring (bicyclic) bond motifs is 1. The van der Waals surface area contributed by atoms with Crippen LogP contribution in [-0.2, 0) is 11.3 Å². The number of benzene rings is 1. The fourth-order valence-corrected chi connectivity index (χ4v) is 1.98. The Morgan fingerprint density at radius 2 is 2.10 bits per heavy atom. The number of hydrogen-bond donors (Lipinski definition) is 0. The van der Waals surface area contributed by atoms with Gasteiger partial charge in [-0.25, -0.2) is 4.79 Å². The summed E-state index contributed by atoms with van der Waals surface area (Å²) in [6, 6.07) is 5.60. The second-order valence-corrected chi connectivity index (χ2v) is 5.72. The minimum Gasteiger partial charge on any atom is -0.497 e. The first-order valence-corrected chi connectivity index (χ1v) is 6.67. The van der Waals surface area contributed by atoms with Crippen LogP contribution >= 0.6 is 0 Å². The van der Waals surface area contributed by atoms with Crippen molar-refractivity contribution in [3.63, 3.8) is 0 Å². The van der Waals surface area contributed by atoms with Crippen LogP contribution in [0.2, 0.25) is 0 Å². The third kappa shape index (κ3) is 3.56. The number of ether oxygens (including phenoxy) is 3. The van der Waals surface area contributed by atoms with Crippen LogP contribution in [0.4, 0.5) is 4.79 Å². The van der Waals surface area contributed by atoms with E-state index in [1.165, 1.54) is 0 Å². The summed E-state index contributed by atoms with van der Waals surface area (Å²) < 4.78 is 16.3. The average Bonchev–Trinajstić information content (AvgIpc) is 2.57. The van der Waals surface area contributed by atoms with Gasteiger partial charge in [-0.3, -0.25) is 0 Å². The lowest BCUT2D eigenvalue weighted by atomic mass is 10.2. The molecule has 0 aliphatic carbocycles. The van der Waals surface area contributed by atoms with Crippen molar-refractivity contribution in [2.24, 2.45) is 0 Å². The molecule has 0 bridgehead atoms. The summed E-state index contributed by atoms with van der Waals surface area (Å²) in [6.45, 7) is 6.99. The molecule has 5 nitrogen and oxygen atoms in total. The van der Waals surface area contributed by atoms with Crippen LogP contribution in [0.25, 0.3) is 0 Å². The van der Waals surface area contributed by atoms with Crippen molar-refractivity contribution in [3.8, 4) is 11.5 Å². The lowest BCUT2D eigenvalue weighted by Gasteiger charge is -2.26. The maximum Gasteiger partial charge on any atom is 0.410 e. The molecule has 2 rings (SSSR count). The Kier molecular flexibility index (Phi) is 4.06. The monoisotopic (exact) mass is 279 g/mol. The van der Waals surface area contributed by atoms with E-state index >= 15 is 0 Å². The molecule has 0 spiro atoms. The fraction of sp³-hybridized carbons (Fsp3) is 0.533. The van der Waals surface area contributed by atoms with Crippen molar-refractivity contribution in [2.75, 3.05) is 20.3 Å². The molecule has 0 radical (unpaired) electrons. The highest BCUT2D eigenvalue weighted by molar-refractivity contribution is 5.68. The topological polar surface area (TPSA) is 48.0 Å². The lowest BCUT2D eigenvalue weighted by Crippen LogP contribution is -2.37. The van der Waals surface area contributed by atoms with Gasteiger partial charge in [0.15, 0.2) is 0 Å². The fourth-order valence-electron chi connectivity index (χ4n) is 1.98. The van der Waals surface area contributed by atoms with Gasteiger partial charge in [0.2, 0.25) is 0 Å². The van der Waals surface area contributed by atoms with Crippen LogP contribution in [0.5, 0.6) is 11.5 Å². The van der Waals surface area contributed by atoms with Crippen molar-refractivity contribution >= 4 is 6.09 Å². The van der Waals surface area contributed by atoms with Gasteiger partial charge in [-0.1, -0.05) is 0 Å². The van der Waals surface area contributed by atoms with E-state index in [1.807, 2.05) is 39.0 Å². The molecule has 0 aromatic heterocycles. The number of rotatable bonds is 1. The first kappa shape index (κ1) is 14.5. The summed E-state index contributed by atoms with van der Waals surface area (Å²) in [4.78, 5) is 13.8. The second-order valence-electron chi connectivity index (χ2n) is 5.72. The highest BCUT2D eigenvalue weighted by Crippen LogP contribution is 2.28. The molecule has 1 aliphatic rings. The molecule has 1 heterocycles. The average molecular weight is 279 g/mol. The van der Waals surface area contributed by atoms with E-state index in [2.05, 4.69) is 0 Å². The summed E-state index contributed by atoms with van der Waals surface area (Å²) in [5, 5.41) is 0. The minimum atomic E-state index is -0.499. The van der Waals surface area contributed by atoms with Crippen LogP contribution < -0.4 is 9.47 Å². The van der Waals surface area contributed by atoms with Crippen LogP contribution in [-0.4, -0.2) is 36.9 Å². The van der Waals surface area contributed by atoms with E-state index in [0.29, 0.717) is 19.7 Å². The van der Waals surface area contributed by atoms with Crippen molar-refractivity contribution in [1.29, 1.82) is 0 Å². The summed E-state index contributed by atoms with van der Waals surface area (Å²) in [5.74, 6) is 1.54.